The first kappa shape index (κ1) is 12.9. The predicted octanol–water partition coefficient (Wildman–Crippen LogP) is 4.09. The van der Waals surface area contributed by atoms with E-state index in [-0.39, 0.29) is 6.04 Å². The van der Waals surface area contributed by atoms with Crippen molar-refractivity contribution in [2.75, 3.05) is 5.32 Å². The molecule has 0 saturated carbocycles. The summed E-state index contributed by atoms with van der Waals surface area (Å²) >= 11 is 0. The molecule has 2 rings (SSSR count). The standard InChI is InChI=1S/C17H16N2/c18-14-17(19-16-11-5-2-6-12-16)13-7-10-15-8-3-1-4-9-15/h1-12,17,19H,13H2. The Bertz CT molecular complexity index is 553. The van der Waals surface area contributed by atoms with Gasteiger partial charge in [0.2, 0.25) is 0 Å². The molecule has 2 nitrogen and oxygen atoms in total. The van der Waals surface area contributed by atoms with Crippen LogP contribution in [0, 0.1) is 11.3 Å². The molecule has 2 aromatic rings. The lowest BCUT2D eigenvalue weighted by Crippen LogP contribution is -2.15. The monoisotopic (exact) mass is 248 g/mol. The van der Waals surface area contributed by atoms with Gasteiger partial charge in [-0.05, 0) is 24.1 Å². The molecule has 2 aromatic carbocycles. The van der Waals surface area contributed by atoms with Crippen LogP contribution in [0.1, 0.15) is 12.0 Å². The average molecular weight is 248 g/mol. The van der Waals surface area contributed by atoms with Gasteiger partial charge in [0.05, 0.1) is 6.07 Å². The van der Waals surface area contributed by atoms with Gasteiger partial charge in [-0.15, -0.1) is 0 Å². The Hall–Kier alpha value is -2.53. The third-order valence-corrected chi connectivity index (χ3v) is 2.75. The molecule has 0 aliphatic rings. The Kier molecular flexibility index (Phi) is 4.78. The molecule has 1 atom stereocenters. The van der Waals surface area contributed by atoms with E-state index in [0.717, 1.165) is 11.3 Å². The number of nitrogens with one attached hydrogen (secondary N) is 1. The fourth-order valence-corrected chi connectivity index (χ4v) is 1.78. The molecule has 0 aliphatic carbocycles. The van der Waals surface area contributed by atoms with Gasteiger partial charge >= 0.3 is 0 Å². The third kappa shape index (κ3) is 4.33. The minimum Gasteiger partial charge on any atom is -0.370 e. The molecule has 0 aromatic heterocycles. The van der Waals surface area contributed by atoms with Crippen LogP contribution in [0.5, 0.6) is 0 Å². The second kappa shape index (κ2) is 7.03. The van der Waals surface area contributed by atoms with Crippen LogP contribution in [0.2, 0.25) is 0 Å². The Morgan fingerprint density at radius 1 is 1.00 bits per heavy atom. The summed E-state index contributed by atoms with van der Waals surface area (Å²) in [6, 6.07) is 22.0. The number of hydrogen-bond donors (Lipinski definition) is 1. The van der Waals surface area contributed by atoms with Crippen molar-refractivity contribution in [3.63, 3.8) is 0 Å². The summed E-state index contributed by atoms with van der Waals surface area (Å²) in [5.41, 5.74) is 2.13. The lowest BCUT2D eigenvalue weighted by molar-refractivity contribution is 0.909. The molecule has 1 unspecified atom stereocenters. The summed E-state index contributed by atoms with van der Waals surface area (Å²) in [5.74, 6) is 0. The molecule has 0 bridgehead atoms. The van der Waals surface area contributed by atoms with Gasteiger partial charge in [0.25, 0.3) is 0 Å². The van der Waals surface area contributed by atoms with E-state index in [1.165, 1.54) is 0 Å². The van der Waals surface area contributed by atoms with Gasteiger partial charge in [0, 0.05) is 5.69 Å². The molecule has 0 amide bonds. The van der Waals surface area contributed by atoms with Gasteiger partial charge in [-0.2, -0.15) is 5.26 Å². The van der Waals surface area contributed by atoms with Gasteiger partial charge in [0.15, 0.2) is 0 Å². The van der Waals surface area contributed by atoms with Gasteiger partial charge in [-0.1, -0.05) is 60.7 Å². The largest absolute Gasteiger partial charge is 0.370 e. The minimum absolute atomic E-state index is 0.206. The zero-order valence-corrected chi connectivity index (χ0v) is 10.7. The number of hydrogen-bond acceptors (Lipinski definition) is 2. The first-order valence-electron chi connectivity index (χ1n) is 6.31. The van der Waals surface area contributed by atoms with Crippen molar-refractivity contribution in [2.24, 2.45) is 0 Å². The first-order valence-corrected chi connectivity index (χ1v) is 6.31. The van der Waals surface area contributed by atoms with E-state index in [1.807, 2.05) is 72.8 Å². The van der Waals surface area contributed by atoms with Crippen molar-refractivity contribution in [3.8, 4) is 6.07 Å². The lowest BCUT2D eigenvalue weighted by atomic mass is 10.1. The number of benzene rings is 2. The van der Waals surface area contributed by atoms with Crippen LogP contribution in [0.15, 0.2) is 66.7 Å². The Morgan fingerprint density at radius 3 is 2.26 bits per heavy atom. The van der Waals surface area contributed by atoms with Crippen molar-refractivity contribution in [1.82, 2.24) is 0 Å². The van der Waals surface area contributed by atoms with Crippen LogP contribution < -0.4 is 5.32 Å². The summed E-state index contributed by atoms with van der Waals surface area (Å²) < 4.78 is 0. The van der Waals surface area contributed by atoms with Gasteiger partial charge in [-0.25, -0.2) is 0 Å². The zero-order chi connectivity index (χ0) is 13.3. The smallest absolute Gasteiger partial charge is 0.117 e. The number of nitrogens with zero attached hydrogens (tertiary/aromatic N) is 1. The molecular formula is C17H16N2. The van der Waals surface area contributed by atoms with Crippen LogP contribution in [-0.4, -0.2) is 6.04 Å². The molecule has 94 valence electrons. The number of nitriles is 1. The van der Waals surface area contributed by atoms with Crippen molar-refractivity contribution in [3.05, 3.63) is 72.3 Å². The lowest BCUT2D eigenvalue weighted by Gasteiger charge is -2.10. The molecular weight excluding hydrogens is 232 g/mol. The number of para-hydroxylation sites is 1. The second-order valence-electron chi connectivity index (χ2n) is 4.24. The van der Waals surface area contributed by atoms with Gasteiger partial charge in [-0.3, -0.25) is 0 Å². The fourth-order valence-electron chi connectivity index (χ4n) is 1.78. The van der Waals surface area contributed by atoms with E-state index < -0.39 is 0 Å². The first-order chi connectivity index (χ1) is 9.38. The number of rotatable bonds is 5. The SMILES string of the molecule is N#CC(CC=Cc1ccccc1)Nc1ccccc1. The highest BCUT2D eigenvalue weighted by Crippen LogP contribution is 2.10. The van der Waals surface area contributed by atoms with Gasteiger partial charge in [0.1, 0.15) is 6.04 Å². The summed E-state index contributed by atoms with van der Waals surface area (Å²) in [4.78, 5) is 0. The highest BCUT2D eigenvalue weighted by Gasteiger charge is 2.03. The van der Waals surface area contributed by atoms with Crippen molar-refractivity contribution in [1.29, 1.82) is 5.26 Å². The molecule has 0 fully saturated rings. The maximum atomic E-state index is 9.14. The Morgan fingerprint density at radius 2 is 1.63 bits per heavy atom. The van der Waals surface area contributed by atoms with E-state index in [4.69, 9.17) is 5.26 Å². The molecule has 1 N–H and O–H groups in total. The Balaban J connectivity index is 1.90. The van der Waals surface area contributed by atoms with Crippen LogP contribution in [-0.2, 0) is 0 Å². The van der Waals surface area contributed by atoms with Crippen LogP contribution in [0.4, 0.5) is 5.69 Å². The molecule has 0 aliphatic heterocycles. The molecule has 0 saturated heterocycles. The quantitative estimate of drug-likeness (QED) is 0.864. The van der Waals surface area contributed by atoms with E-state index in [9.17, 15) is 0 Å². The molecule has 0 heterocycles. The van der Waals surface area contributed by atoms with Crippen molar-refractivity contribution < 1.29 is 0 Å². The topological polar surface area (TPSA) is 35.8 Å². The molecule has 0 radical (unpaired) electrons. The predicted molar refractivity (Wildman–Crippen MR) is 79.6 cm³/mol. The second-order valence-corrected chi connectivity index (χ2v) is 4.24. The third-order valence-electron chi connectivity index (χ3n) is 2.75. The van der Waals surface area contributed by atoms with Crippen LogP contribution in [0.25, 0.3) is 6.08 Å². The van der Waals surface area contributed by atoms with Crippen LogP contribution in [0.3, 0.4) is 0 Å². The van der Waals surface area contributed by atoms with E-state index in [2.05, 4.69) is 11.4 Å². The molecule has 0 spiro atoms. The maximum absolute atomic E-state index is 9.14. The normalized spacial score (nSPS) is 11.9. The molecule has 2 heteroatoms. The summed E-state index contributed by atoms with van der Waals surface area (Å²) in [6.45, 7) is 0. The zero-order valence-electron chi connectivity index (χ0n) is 10.7. The van der Waals surface area contributed by atoms with E-state index in [1.54, 1.807) is 0 Å². The summed E-state index contributed by atoms with van der Waals surface area (Å²) in [5, 5.41) is 12.3. The highest BCUT2D eigenvalue weighted by atomic mass is 14.9. The summed E-state index contributed by atoms with van der Waals surface area (Å²) in [6.07, 6.45) is 4.75. The highest BCUT2D eigenvalue weighted by molar-refractivity contribution is 5.50. The van der Waals surface area contributed by atoms with Crippen molar-refractivity contribution >= 4 is 11.8 Å². The van der Waals surface area contributed by atoms with Crippen molar-refractivity contribution in [2.45, 2.75) is 12.5 Å². The molecule has 19 heavy (non-hydrogen) atoms. The van der Waals surface area contributed by atoms with Crippen LogP contribution >= 0.6 is 0 Å². The summed E-state index contributed by atoms with van der Waals surface area (Å²) in [7, 11) is 0. The fraction of sp³-hybridized carbons (Fsp3) is 0.118. The van der Waals surface area contributed by atoms with E-state index >= 15 is 0 Å². The van der Waals surface area contributed by atoms with Gasteiger partial charge < -0.3 is 5.32 Å². The Labute approximate surface area is 114 Å². The number of anilines is 1. The average Bonchev–Trinajstić information content (AvgIpc) is 2.48. The van der Waals surface area contributed by atoms with E-state index in [0.29, 0.717) is 6.42 Å². The maximum Gasteiger partial charge on any atom is 0.117 e. The minimum atomic E-state index is -0.206.